The van der Waals surface area contributed by atoms with Gasteiger partial charge in [-0.25, -0.2) is 0 Å². The van der Waals surface area contributed by atoms with Crippen molar-refractivity contribution in [1.82, 2.24) is 4.90 Å². The Kier molecular flexibility index (Phi) is 3.66. The molecule has 0 bridgehead atoms. The summed E-state index contributed by atoms with van der Waals surface area (Å²) in [6.45, 7) is 1.83. The molecule has 0 atom stereocenters. The lowest BCUT2D eigenvalue weighted by atomic mass is 10.1. The molecule has 1 amide bonds. The predicted octanol–water partition coefficient (Wildman–Crippen LogP) is 1.27. The average Bonchev–Trinajstić information content (AvgIpc) is 2.26. The molecule has 1 aromatic rings. The number of carbonyl (C=O) groups is 2. The van der Waals surface area contributed by atoms with Crippen molar-refractivity contribution in [2.75, 3.05) is 21.2 Å². The molecule has 0 heterocycles. The van der Waals surface area contributed by atoms with Crippen LogP contribution in [0.5, 0.6) is 5.75 Å². The fourth-order valence-electron chi connectivity index (χ4n) is 1.35. The smallest absolute Gasteiger partial charge is 0.294 e. The fraction of sp³-hybridized carbons (Fsp3) is 0.333. The van der Waals surface area contributed by atoms with Crippen molar-refractivity contribution in [3.63, 3.8) is 0 Å². The van der Waals surface area contributed by atoms with Gasteiger partial charge in [-0.2, -0.15) is 0 Å². The number of rotatable bonds is 3. The van der Waals surface area contributed by atoms with Crippen LogP contribution in [0, 0.1) is 6.92 Å². The number of nitrogens with zero attached hydrogens (tertiary/aromatic N) is 1. The summed E-state index contributed by atoms with van der Waals surface area (Å²) in [7, 11) is 4.67. The third kappa shape index (κ3) is 2.39. The van der Waals surface area contributed by atoms with Crippen LogP contribution in [-0.4, -0.2) is 37.8 Å². The Morgan fingerprint density at radius 2 is 1.88 bits per heavy atom. The van der Waals surface area contributed by atoms with E-state index in [0.717, 1.165) is 5.56 Å². The first kappa shape index (κ1) is 12.2. The monoisotopic (exact) mass is 221 g/mol. The summed E-state index contributed by atoms with van der Waals surface area (Å²) in [6, 6.07) is 4.93. The first-order valence-electron chi connectivity index (χ1n) is 4.88. The van der Waals surface area contributed by atoms with Gasteiger partial charge >= 0.3 is 0 Å². The van der Waals surface area contributed by atoms with Gasteiger partial charge in [0.1, 0.15) is 5.75 Å². The van der Waals surface area contributed by atoms with Crippen LogP contribution in [0.25, 0.3) is 0 Å². The molecule has 86 valence electrons. The molecule has 0 saturated carbocycles. The van der Waals surface area contributed by atoms with Gasteiger partial charge in [0.15, 0.2) is 0 Å². The quantitative estimate of drug-likeness (QED) is 0.570. The van der Waals surface area contributed by atoms with E-state index in [1.807, 2.05) is 6.92 Å². The predicted molar refractivity (Wildman–Crippen MR) is 60.8 cm³/mol. The number of carbonyl (C=O) groups excluding carboxylic acids is 2. The van der Waals surface area contributed by atoms with E-state index in [1.54, 1.807) is 39.4 Å². The number of hydrogen-bond donors (Lipinski definition) is 0. The number of amides is 1. The van der Waals surface area contributed by atoms with E-state index >= 15 is 0 Å². The van der Waals surface area contributed by atoms with Crippen molar-refractivity contribution >= 4 is 11.7 Å². The lowest BCUT2D eigenvalue weighted by Crippen LogP contribution is -2.29. The highest BCUT2D eigenvalue weighted by Crippen LogP contribution is 2.18. The zero-order valence-electron chi connectivity index (χ0n) is 9.90. The van der Waals surface area contributed by atoms with Crippen LogP contribution in [0.15, 0.2) is 18.2 Å². The summed E-state index contributed by atoms with van der Waals surface area (Å²) < 4.78 is 5.08. The highest BCUT2D eigenvalue weighted by atomic mass is 16.5. The Labute approximate surface area is 94.8 Å². The molecule has 0 unspecified atom stereocenters. The topological polar surface area (TPSA) is 46.6 Å². The number of hydrogen-bond acceptors (Lipinski definition) is 3. The maximum atomic E-state index is 11.7. The zero-order valence-corrected chi connectivity index (χ0v) is 9.90. The zero-order chi connectivity index (χ0) is 12.3. The molecule has 0 spiro atoms. The Morgan fingerprint density at radius 3 is 2.31 bits per heavy atom. The second-order valence-corrected chi connectivity index (χ2v) is 3.71. The molecule has 4 nitrogen and oxygen atoms in total. The summed E-state index contributed by atoms with van der Waals surface area (Å²) in [5.74, 6) is -0.325. The molecule has 0 saturated heterocycles. The lowest BCUT2D eigenvalue weighted by molar-refractivity contribution is -0.124. The average molecular weight is 221 g/mol. The van der Waals surface area contributed by atoms with E-state index < -0.39 is 11.7 Å². The lowest BCUT2D eigenvalue weighted by Gasteiger charge is -2.10. The normalized spacial score (nSPS) is 9.75. The minimum absolute atomic E-state index is 0.386. The molecule has 0 aromatic heterocycles. The van der Waals surface area contributed by atoms with Gasteiger partial charge in [0, 0.05) is 19.7 Å². The Balaban J connectivity index is 3.02. The Hall–Kier alpha value is -1.84. The van der Waals surface area contributed by atoms with E-state index in [9.17, 15) is 9.59 Å². The van der Waals surface area contributed by atoms with Gasteiger partial charge in [0.2, 0.25) is 5.78 Å². The second kappa shape index (κ2) is 4.79. The SMILES string of the molecule is COc1ccc(C(=O)C(=O)N(C)C)cc1C. The number of ketones is 1. The van der Waals surface area contributed by atoms with Crippen LogP contribution >= 0.6 is 0 Å². The number of benzene rings is 1. The molecule has 0 aliphatic carbocycles. The van der Waals surface area contributed by atoms with Crippen LogP contribution in [-0.2, 0) is 4.79 Å². The summed E-state index contributed by atoms with van der Waals surface area (Å²) in [5.41, 5.74) is 1.22. The third-order valence-electron chi connectivity index (χ3n) is 2.26. The molecule has 0 fully saturated rings. The first-order chi connectivity index (χ1) is 7.47. The Morgan fingerprint density at radius 1 is 1.25 bits per heavy atom. The van der Waals surface area contributed by atoms with E-state index in [2.05, 4.69) is 0 Å². The van der Waals surface area contributed by atoms with Crippen LogP contribution in [0.1, 0.15) is 15.9 Å². The molecule has 0 radical (unpaired) electrons. The van der Waals surface area contributed by atoms with Gasteiger partial charge in [0.25, 0.3) is 5.91 Å². The molecular formula is C12H15NO3. The molecular weight excluding hydrogens is 206 g/mol. The van der Waals surface area contributed by atoms with Gasteiger partial charge in [-0.15, -0.1) is 0 Å². The number of methoxy groups -OCH3 is 1. The van der Waals surface area contributed by atoms with E-state index in [0.29, 0.717) is 11.3 Å². The van der Waals surface area contributed by atoms with Crippen molar-refractivity contribution in [3.8, 4) is 5.75 Å². The van der Waals surface area contributed by atoms with Crippen LogP contribution in [0.4, 0.5) is 0 Å². The summed E-state index contributed by atoms with van der Waals surface area (Å²) in [6.07, 6.45) is 0. The van der Waals surface area contributed by atoms with Crippen molar-refractivity contribution in [2.45, 2.75) is 6.92 Å². The van der Waals surface area contributed by atoms with E-state index in [4.69, 9.17) is 4.74 Å². The molecule has 0 N–H and O–H groups in total. The minimum Gasteiger partial charge on any atom is -0.496 e. The second-order valence-electron chi connectivity index (χ2n) is 3.71. The standard InChI is InChI=1S/C12H15NO3/c1-8-7-9(5-6-10(8)16-4)11(14)12(15)13(2)3/h5-7H,1-4H3. The molecule has 1 aromatic carbocycles. The van der Waals surface area contributed by atoms with E-state index in [-0.39, 0.29) is 0 Å². The van der Waals surface area contributed by atoms with Crippen molar-refractivity contribution in [2.24, 2.45) is 0 Å². The van der Waals surface area contributed by atoms with Crippen molar-refractivity contribution in [1.29, 1.82) is 0 Å². The highest BCUT2D eigenvalue weighted by molar-refractivity contribution is 6.42. The van der Waals surface area contributed by atoms with Gasteiger partial charge in [0.05, 0.1) is 7.11 Å². The number of Topliss-reactive ketones (excluding diaryl/α,β-unsaturated/α-hetero) is 1. The molecule has 4 heteroatoms. The van der Waals surface area contributed by atoms with E-state index in [1.165, 1.54) is 4.90 Å². The van der Waals surface area contributed by atoms with Crippen molar-refractivity contribution in [3.05, 3.63) is 29.3 Å². The van der Waals surface area contributed by atoms with Crippen molar-refractivity contribution < 1.29 is 14.3 Å². The third-order valence-corrected chi connectivity index (χ3v) is 2.26. The number of aryl methyl sites for hydroxylation is 1. The first-order valence-corrected chi connectivity index (χ1v) is 4.88. The van der Waals surface area contributed by atoms with Gasteiger partial charge in [-0.05, 0) is 30.7 Å². The van der Waals surface area contributed by atoms with Gasteiger partial charge in [-0.3, -0.25) is 9.59 Å². The van der Waals surface area contributed by atoms with Gasteiger partial charge < -0.3 is 9.64 Å². The van der Waals surface area contributed by atoms with Crippen LogP contribution in [0.3, 0.4) is 0 Å². The van der Waals surface area contributed by atoms with Gasteiger partial charge in [-0.1, -0.05) is 0 Å². The molecule has 0 aliphatic rings. The minimum atomic E-state index is -0.524. The maximum Gasteiger partial charge on any atom is 0.294 e. The molecule has 16 heavy (non-hydrogen) atoms. The van der Waals surface area contributed by atoms with Crippen LogP contribution < -0.4 is 4.74 Å². The molecule has 1 rings (SSSR count). The maximum absolute atomic E-state index is 11.7. The summed E-state index contributed by atoms with van der Waals surface area (Å²) in [5, 5.41) is 0. The summed E-state index contributed by atoms with van der Waals surface area (Å²) in [4.78, 5) is 24.4. The number of ether oxygens (including phenoxy) is 1. The van der Waals surface area contributed by atoms with Crippen LogP contribution in [0.2, 0.25) is 0 Å². The largest absolute Gasteiger partial charge is 0.496 e. The number of likely N-dealkylation sites (N-methyl/N-ethyl adjacent to an activating group) is 1. The molecule has 0 aliphatic heterocycles. The fourth-order valence-corrected chi connectivity index (χ4v) is 1.35. The highest BCUT2D eigenvalue weighted by Gasteiger charge is 2.18. The summed E-state index contributed by atoms with van der Waals surface area (Å²) >= 11 is 0. The Bertz CT molecular complexity index is 424.